The maximum absolute atomic E-state index is 13.1. The molecule has 0 radical (unpaired) electrons. The molecule has 166 valence electrons. The minimum atomic E-state index is -0.794. The van der Waals surface area contributed by atoms with Crippen molar-refractivity contribution in [2.24, 2.45) is 0 Å². The molecule has 0 amide bonds. The number of carbonyl (C=O) groups is 1. The maximum atomic E-state index is 13.1. The predicted octanol–water partition coefficient (Wildman–Crippen LogP) is 2.91. The number of thioether (sulfide) groups is 1. The maximum Gasteiger partial charge on any atom is 0.336 e. The molecule has 0 spiro atoms. The van der Waals surface area contributed by atoms with E-state index in [1.165, 1.54) is 33.1 Å². The number of ether oxygens (including phenoxy) is 4. The molecule has 1 atom stereocenters. The Bertz CT molecular complexity index is 1100. The summed E-state index contributed by atoms with van der Waals surface area (Å²) in [4.78, 5) is 33.3. The molecule has 1 aliphatic heterocycles. The number of H-pyrrole nitrogens is 1. The molecule has 1 aromatic heterocycles. The van der Waals surface area contributed by atoms with Crippen LogP contribution in [-0.2, 0) is 9.53 Å². The van der Waals surface area contributed by atoms with Crippen LogP contribution < -0.4 is 25.1 Å². The summed E-state index contributed by atoms with van der Waals surface area (Å²) in [6, 6.07) is 3.36. The number of esters is 1. The van der Waals surface area contributed by atoms with Crippen LogP contribution in [-0.4, -0.2) is 50.1 Å². The highest BCUT2D eigenvalue weighted by atomic mass is 32.2. The zero-order valence-corrected chi connectivity index (χ0v) is 19.1. The molecule has 0 fully saturated rings. The van der Waals surface area contributed by atoms with Gasteiger partial charge in [0, 0.05) is 17.3 Å². The minimum absolute atomic E-state index is 0.193. The summed E-state index contributed by atoms with van der Waals surface area (Å²) in [6.07, 6.45) is 1.81. The molecule has 0 bridgehead atoms. The van der Waals surface area contributed by atoms with E-state index in [1.807, 2.05) is 6.26 Å². The van der Waals surface area contributed by atoms with Gasteiger partial charge < -0.3 is 29.2 Å². The van der Waals surface area contributed by atoms with Gasteiger partial charge in [0.25, 0.3) is 5.56 Å². The van der Waals surface area contributed by atoms with Gasteiger partial charge in [-0.15, -0.1) is 0 Å². The number of aromatic amines is 1. The Morgan fingerprint density at radius 2 is 1.77 bits per heavy atom. The summed E-state index contributed by atoms with van der Waals surface area (Å²) in [7, 11) is 4.53. The number of hydrogen-bond acceptors (Lipinski definition) is 9. The van der Waals surface area contributed by atoms with E-state index < -0.39 is 11.9 Å². The second-order valence-corrected chi connectivity index (χ2v) is 7.40. The molecule has 2 aromatic rings. The highest BCUT2D eigenvalue weighted by molar-refractivity contribution is 7.98. The average Bonchev–Trinajstić information content (AvgIpc) is 2.76. The fourth-order valence-electron chi connectivity index (χ4n) is 3.60. The van der Waals surface area contributed by atoms with Crippen molar-refractivity contribution in [1.82, 2.24) is 9.97 Å². The van der Waals surface area contributed by atoms with E-state index >= 15 is 0 Å². The Balaban J connectivity index is 2.37. The fraction of sp³-hybridized carbons (Fsp3) is 0.381. The van der Waals surface area contributed by atoms with Crippen molar-refractivity contribution in [3.63, 3.8) is 0 Å². The lowest BCUT2D eigenvalue weighted by Gasteiger charge is -2.30. The predicted molar refractivity (Wildman–Crippen MR) is 118 cm³/mol. The highest BCUT2D eigenvalue weighted by Gasteiger charge is 2.38. The lowest BCUT2D eigenvalue weighted by atomic mass is 9.81. The van der Waals surface area contributed by atoms with Crippen LogP contribution in [0.25, 0.3) is 0 Å². The largest absolute Gasteiger partial charge is 0.496 e. The Morgan fingerprint density at radius 1 is 1.13 bits per heavy atom. The van der Waals surface area contributed by atoms with Crippen molar-refractivity contribution in [3.8, 4) is 17.2 Å². The van der Waals surface area contributed by atoms with Crippen LogP contribution in [0.5, 0.6) is 17.2 Å². The summed E-state index contributed by atoms with van der Waals surface area (Å²) in [5.41, 5.74) is 1.31. The van der Waals surface area contributed by atoms with E-state index in [4.69, 9.17) is 18.9 Å². The number of rotatable bonds is 7. The Morgan fingerprint density at radius 3 is 2.35 bits per heavy atom. The Kier molecular flexibility index (Phi) is 6.79. The topological polar surface area (TPSA) is 112 Å². The van der Waals surface area contributed by atoms with Crippen molar-refractivity contribution in [2.45, 2.75) is 24.9 Å². The molecule has 3 rings (SSSR count). The number of carbonyl (C=O) groups excluding carboxylic acids is 1. The van der Waals surface area contributed by atoms with E-state index in [0.29, 0.717) is 45.1 Å². The molecular formula is C21H25N3O6S. The molecule has 31 heavy (non-hydrogen) atoms. The first kappa shape index (κ1) is 22.5. The smallest absolute Gasteiger partial charge is 0.336 e. The molecule has 0 unspecified atom stereocenters. The van der Waals surface area contributed by atoms with Crippen molar-refractivity contribution in [1.29, 1.82) is 0 Å². The van der Waals surface area contributed by atoms with Gasteiger partial charge in [0.05, 0.1) is 45.0 Å². The summed E-state index contributed by atoms with van der Waals surface area (Å²) in [6.45, 7) is 3.67. The van der Waals surface area contributed by atoms with Gasteiger partial charge in [0.15, 0.2) is 16.7 Å². The number of benzene rings is 1. The zero-order valence-electron chi connectivity index (χ0n) is 18.2. The van der Waals surface area contributed by atoms with Gasteiger partial charge in [-0.05, 0) is 26.2 Å². The standard InChI is InChI=1S/C21H25N3O6S/c1-7-30-20(26)15-10(2)22-18-17(19(25)24-21(23-18)31-6)16(15)11-8-13(28-4)14(29-5)9-12(11)27-3/h8-9,16H,7H2,1-6H3,(H2,22,23,24,25)/t16-/m1/s1. The summed E-state index contributed by atoms with van der Waals surface area (Å²) >= 11 is 1.31. The van der Waals surface area contributed by atoms with E-state index in [1.54, 1.807) is 26.0 Å². The highest BCUT2D eigenvalue weighted by Crippen LogP contribution is 2.46. The molecule has 0 aliphatic carbocycles. The van der Waals surface area contributed by atoms with Crippen LogP contribution >= 0.6 is 11.8 Å². The van der Waals surface area contributed by atoms with Crippen LogP contribution in [0.2, 0.25) is 0 Å². The van der Waals surface area contributed by atoms with Gasteiger partial charge in [-0.25, -0.2) is 9.78 Å². The third-order valence-corrected chi connectivity index (χ3v) is 5.54. The molecule has 2 N–H and O–H groups in total. The van der Waals surface area contributed by atoms with Gasteiger partial charge in [-0.2, -0.15) is 0 Å². The number of nitrogens with one attached hydrogen (secondary N) is 2. The first-order valence-electron chi connectivity index (χ1n) is 9.53. The number of fused-ring (bicyclic) bond motifs is 1. The molecule has 2 heterocycles. The summed E-state index contributed by atoms with van der Waals surface area (Å²) in [5, 5.41) is 3.55. The molecule has 10 heteroatoms. The normalized spacial score (nSPS) is 15.1. The minimum Gasteiger partial charge on any atom is -0.496 e. The molecular weight excluding hydrogens is 422 g/mol. The molecule has 1 aliphatic rings. The van der Waals surface area contributed by atoms with Gasteiger partial charge in [0.1, 0.15) is 11.6 Å². The summed E-state index contributed by atoms with van der Waals surface area (Å²) in [5.74, 6) is 0.370. The lowest BCUT2D eigenvalue weighted by Crippen LogP contribution is -2.31. The Labute approximate surface area is 184 Å². The molecule has 0 saturated heterocycles. The van der Waals surface area contributed by atoms with Crippen LogP contribution in [0.4, 0.5) is 5.82 Å². The number of anilines is 1. The number of methoxy groups -OCH3 is 3. The SMILES string of the molecule is CCOC(=O)C1=C(C)Nc2nc(SC)[nH]c(=O)c2[C@@H]1c1cc(OC)c(OC)cc1OC. The van der Waals surface area contributed by atoms with Crippen molar-refractivity contribution in [3.05, 3.63) is 44.9 Å². The number of aromatic nitrogens is 2. The molecule has 0 saturated carbocycles. The van der Waals surface area contributed by atoms with Crippen LogP contribution in [0.15, 0.2) is 33.4 Å². The molecule has 9 nitrogen and oxygen atoms in total. The molecule has 1 aromatic carbocycles. The van der Waals surface area contributed by atoms with Crippen molar-refractivity contribution >= 4 is 23.5 Å². The van der Waals surface area contributed by atoms with Gasteiger partial charge >= 0.3 is 5.97 Å². The second-order valence-electron chi connectivity index (χ2n) is 6.60. The number of allylic oxidation sites excluding steroid dienone is 1. The first-order chi connectivity index (χ1) is 14.9. The quantitative estimate of drug-likeness (QED) is 0.376. The third-order valence-electron chi connectivity index (χ3n) is 4.96. The van der Waals surface area contributed by atoms with E-state index in [-0.39, 0.29) is 17.7 Å². The monoisotopic (exact) mass is 447 g/mol. The number of hydrogen-bond donors (Lipinski definition) is 2. The zero-order chi connectivity index (χ0) is 22.7. The average molecular weight is 448 g/mol. The number of nitrogens with zero attached hydrogens (tertiary/aromatic N) is 1. The van der Waals surface area contributed by atoms with Crippen LogP contribution in [0.3, 0.4) is 0 Å². The van der Waals surface area contributed by atoms with Gasteiger partial charge in [-0.3, -0.25) is 4.79 Å². The Hall–Kier alpha value is -3.14. The van der Waals surface area contributed by atoms with Gasteiger partial charge in [-0.1, -0.05) is 11.8 Å². The first-order valence-corrected chi connectivity index (χ1v) is 10.8. The van der Waals surface area contributed by atoms with E-state index in [9.17, 15) is 9.59 Å². The van der Waals surface area contributed by atoms with Gasteiger partial charge in [0.2, 0.25) is 0 Å². The lowest BCUT2D eigenvalue weighted by molar-refractivity contribution is -0.138. The second kappa shape index (κ2) is 9.34. The van der Waals surface area contributed by atoms with E-state index in [0.717, 1.165) is 0 Å². The summed E-state index contributed by atoms with van der Waals surface area (Å²) < 4.78 is 21.7. The fourth-order valence-corrected chi connectivity index (χ4v) is 3.97. The van der Waals surface area contributed by atoms with Crippen molar-refractivity contribution < 1.29 is 23.7 Å². The van der Waals surface area contributed by atoms with Crippen LogP contribution in [0, 0.1) is 0 Å². The van der Waals surface area contributed by atoms with Crippen LogP contribution in [0.1, 0.15) is 30.9 Å². The van der Waals surface area contributed by atoms with E-state index in [2.05, 4.69) is 15.3 Å². The third kappa shape index (κ3) is 4.07. The van der Waals surface area contributed by atoms with Crippen molar-refractivity contribution in [2.75, 3.05) is 39.5 Å².